The molecule has 5 nitrogen and oxygen atoms in total. The predicted molar refractivity (Wildman–Crippen MR) is 79.2 cm³/mol. The van der Waals surface area contributed by atoms with Gasteiger partial charge in [0, 0.05) is 12.6 Å². The third-order valence-corrected chi connectivity index (χ3v) is 3.04. The lowest BCUT2D eigenvalue weighted by molar-refractivity contribution is -0.122. The van der Waals surface area contributed by atoms with Crippen molar-refractivity contribution in [2.24, 2.45) is 0 Å². The van der Waals surface area contributed by atoms with E-state index in [1.54, 1.807) is 6.92 Å². The molecule has 0 saturated carbocycles. The van der Waals surface area contributed by atoms with Gasteiger partial charge in [-0.15, -0.1) is 0 Å². The van der Waals surface area contributed by atoms with E-state index in [-0.39, 0.29) is 18.0 Å². The molecule has 0 aliphatic carbocycles. The second-order valence-corrected chi connectivity index (χ2v) is 4.85. The summed E-state index contributed by atoms with van der Waals surface area (Å²) in [7, 11) is 0. The number of benzene rings is 1. The van der Waals surface area contributed by atoms with Crippen LogP contribution in [0, 0.1) is 0 Å². The van der Waals surface area contributed by atoms with E-state index in [0.29, 0.717) is 6.54 Å². The molecule has 1 aromatic rings. The van der Waals surface area contributed by atoms with Crippen LogP contribution in [-0.2, 0) is 11.3 Å². The van der Waals surface area contributed by atoms with Crippen molar-refractivity contribution in [3.8, 4) is 0 Å². The van der Waals surface area contributed by atoms with Gasteiger partial charge >= 0.3 is 6.03 Å². The van der Waals surface area contributed by atoms with E-state index in [4.69, 9.17) is 0 Å². The number of urea groups is 1. The summed E-state index contributed by atoms with van der Waals surface area (Å²) in [6, 6.07) is 8.85. The normalized spacial score (nSPS) is 13.2. The lowest BCUT2D eigenvalue weighted by Gasteiger charge is -2.17. The minimum Gasteiger partial charge on any atom is -0.350 e. The van der Waals surface area contributed by atoms with Crippen LogP contribution in [0.4, 0.5) is 4.79 Å². The van der Waals surface area contributed by atoms with Crippen molar-refractivity contribution in [3.05, 3.63) is 35.9 Å². The summed E-state index contributed by atoms with van der Waals surface area (Å²) in [6.45, 7) is 6.02. The van der Waals surface area contributed by atoms with E-state index in [1.807, 2.05) is 44.2 Å². The van der Waals surface area contributed by atoms with Crippen LogP contribution in [0.5, 0.6) is 0 Å². The second kappa shape index (κ2) is 8.19. The minimum absolute atomic E-state index is 0.0922. The van der Waals surface area contributed by atoms with Crippen molar-refractivity contribution >= 4 is 11.9 Å². The zero-order valence-corrected chi connectivity index (χ0v) is 12.3. The average molecular weight is 277 g/mol. The monoisotopic (exact) mass is 277 g/mol. The Kier molecular flexibility index (Phi) is 6.56. The highest BCUT2D eigenvalue weighted by Crippen LogP contribution is 1.97. The fourth-order valence-corrected chi connectivity index (χ4v) is 1.57. The maximum absolute atomic E-state index is 11.9. The van der Waals surface area contributed by atoms with Crippen LogP contribution < -0.4 is 16.0 Å². The number of hydrogen-bond acceptors (Lipinski definition) is 2. The molecular formula is C15H23N3O2. The van der Waals surface area contributed by atoms with Crippen molar-refractivity contribution < 1.29 is 9.59 Å². The van der Waals surface area contributed by atoms with E-state index >= 15 is 0 Å². The van der Waals surface area contributed by atoms with Gasteiger partial charge in [0.1, 0.15) is 6.04 Å². The zero-order valence-electron chi connectivity index (χ0n) is 12.3. The standard InChI is InChI=1S/C15H23N3O2/c1-4-11(2)17-15(20)18-12(3)14(19)16-10-13-8-6-5-7-9-13/h5-9,11-12H,4,10H2,1-3H3,(H,16,19)(H2,17,18,20). The summed E-state index contributed by atoms with van der Waals surface area (Å²) in [6.07, 6.45) is 0.849. The Hall–Kier alpha value is -2.04. The molecule has 0 heterocycles. The fraction of sp³-hybridized carbons (Fsp3) is 0.467. The van der Waals surface area contributed by atoms with Gasteiger partial charge in [-0.1, -0.05) is 37.3 Å². The Balaban J connectivity index is 2.34. The number of carbonyl (C=O) groups excluding carboxylic acids is 2. The van der Waals surface area contributed by atoms with E-state index in [1.165, 1.54) is 0 Å². The van der Waals surface area contributed by atoms with Crippen LogP contribution in [0.25, 0.3) is 0 Å². The molecule has 2 unspecified atom stereocenters. The van der Waals surface area contributed by atoms with Gasteiger partial charge < -0.3 is 16.0 Å². The molecule has 2 atom stereocenters. The van der Waals surface area contributed by atoms with Gasteiger partial charge in [-0.2, -0.15) is 0 Å². The topological polar surface area (TPSA) is 70.2 Å². The van der Waals surface area contributed by atoms with Crippen molar-refractivity contribution in [2.45, 2.75) is 45.8 Å². The van der Waals surface area contributed by atoms with Gasteiger partial charge in [-0.05, 0) is 25.8 Å². The van der Waals surface area contributed by atoms with E-state index in [0.717, 1.165) is 12.0 Å². The van der Waals surface area contributed by atoms with Crippen LogP contribution >= 0.6 is 0 Å². The number of amides is 3. The number of carbonyl (C=O) groups is 2. The smallest absolute Gasteiger partial charge is 0.315 e. The maximum Gasteiger partial charge on any atom is 0.315 e. The third-order valence-electron chi connectivity index (χ3n) is 3.04. The van der Waals surface area contributed by atoms with Crippen LogP contribution in [0.1, 0.15) is 32.8 Å². The first-order chi connectivity index (χ1) is 9.52. The molecule has 0 saturated heterocycles. The molecule has 0 aliphatic rings. The summed E-state index contributed by atoms with van der Waals surface area (Å²) in [5, 5.41) is 8.17. The van der Waals surface area contributed by atoms with Crippen LogP contribution in [0.15, 0.2) is 30.3 Å². The molecule has 0 spiro atoms. The molecule has 1 rings (SSSR count). The molecule has 0 fully saturated rings. The molecular weight excluding hydrogens is 254 g/mol. The van der Waals surface area contributed by atoms with Gasteiger partial charge in [0.2, 0.25) is 5.91 Å². The van der Waals surface area contributed by atoms with Gasteiger partial charge in [0.25, 0.3) is 0 Å². The molecule has 1 aromatic carbocycles. The molecule has 0 radical (unpaired) electrons. The molecule has 3 N–H and O–H groups in total. The largest absolute Gasteiger partial charge is 0.350 e. The lowest BCUT2D eigenvalue weighted by atomic mass is 10.2. The highest BCUT2D eigenvalue weighted by molar-refractivity contribution is 5.86. The van der Waals surface area contributed by atoms with Gasteiger partial charge in [0.15, 0.2) is 0 Å². The summed E-state index contributed by atoms with van der Waals surface area (Å²) in [5.41, 5.74) is 1.03. The summed E-state index contributed by atoms with van der Waals surface area (Å²) in [4.78, 5) is 23.5. The van der Waals surface area contributed by atoms with Gasteiger partial charge in [-0.25, -0.2) is 4.79 Å². The molecule has 5 heteroatoms. The van der Waals surface area contributed by atoms with Crippen LogP contribution in [-0.4, -0.2) is 24.0 Å². The first-order valence-corrected chi connectivity index (χ1v) is 6.91. The van der Waals surface area contributed by atoms with Gasteiger partial charge in [-0.3, -0.25) is 4.79 Å². The molecule has 0 bridgehead atoms. The molecule has 110 valence electrons. The second-order valence-electron chi connectivity index (χ2n) is 4.85. The Labute approximate surface area is 120 Å². The Bertz CT molecular complexity index is 434. The number of rotatable bonds is 6. The lowest BCUT2D eigenvalue weighted by Crippen LogP contribution is -2.50. The number of nitrogens with one attached hydrogen (secondary N) is 3. The highest BCUT2D eigenvalue weighted by Gasteiger charge is 2.15. The van der Waals surface area contributed by atoms with Crippen molar-refractivity contribution in [3.63, 3.8) is 0 Å². The van der Waals surface area contributed by atoms with Gasteiger partial charge in [0.05, 0.1) is 0 Å². The predicted octanol–water partition coefficient (Wildman–Crippen LogP) is 1.79. The van der Waals surface area contributed by atoms with Crippen molar-refractivity contribution in [1.29, 1.82) is 0 Å². The quantitative estimate of drug-likeness (QED) is 0.742. The number of hydrogen-bond donors (Lipinski definition) is 3. The zero-order chi connectivity index (χ0) is 15.0. The Morgan fingerprint density at radius 1 is 1.10 bits per heavy atom. The van der Waals surface area contributed by atoms with E-state index < -0.39 is 6.04 Å². The summed E-state index contributed by atoms with van der Waals surface area (Å²) >= 11 is 0. The molecule has 0 aromatic heterocycles. The average Bonchev–Trinajstić information content (AvgIpc) is 2.45. The van der Waals surface area contributed by atoms with Crippen molar-refractivity contribution in [2.75, 3.05) is 0 Å². The molecule has 3 amide bonds. The molecule has 20 heavy (non-hydrogen) atoms. The van der Waals surface area contributed by atoms with Crippen molar-refractivity contribution in [1.82, 2.24) is 16.0 Å². The Morgan fingerprint density at radius 2 is 1.75 bits per heavy atom. The van der Waals surface area contributed by atoms with Crippen LogP contribution in [0.2, 0.25) is 0 Å². The first-order valence-electron chi connectivity index (χ1n) is 6.91. The third kappa shape index (κ3) is 5.73. The SMILES string of the molecule is CCC(C)NC(=O)NC(C)C(=O)NCc1ccccc1. The van der Waals surface area contributed by atoms with E-state index in [9.17, 15) is 9.59 Å². The first kappa shape index (κ1) is 16.0. The highest BCUT2D eigenvalue weighted by atomic mass is 16.2. The fourth-order valence-electron chi connectivity index (χ4n) is 1.57. The van der Waals surface area contributed by atoms with Crippen LogP contribution in [0.3, 0.4) is 0 Å². The minimum atomic E-state index is -0.567. The van der Waals surface area contributed by atoms with E-state index in [2.05, 4.69) is 16.0 Å². The Morgan fingerprint density at radius 3 is 2.35 bits per heavy atom. The summed E-state index contributed by atoms with van der Waals surface area (Å²) < 4.78 is 0. The summed E-state index contributed by atoms with van der Waals surface area (Å²) in [5.74, 6) is -0.201. The maximum atomic E-state index is 11.9. The molecule has 0 aliphatic heterocycles.